The fraction of sp³-hybridized carbons (Fsp3) is 0.462. The second-order valence-corrected chi connectivity index (χ2v) is 5.60. The number of nitrogens with zero attached hydrogens (tertiary/aromatic N) is 1. The predicted octanol–water partition coefficient (Wildman–Crippen LogP) is 2.62. The lowest BCUT2D eigenvalue weighted by molar-refractivity contribution is -0.0715. The van der Waals surface area contributed by atoms with Crippen molar-refractivity contribution in [1.82, 2.24) is 4.98 Å². The summed E-state index contributed by atoms with van der Waals surface area (Å²) in [7, 11) is 1.61. The number of aliphatic hydroxyl groups is 1. The normalized spacial score (nSPS) is 16.9. The topological polar surface area (TPSA) is 42.4 Å². The zero-order chi connectivity index (χ0) is 12.5. The Kier molecular flexibility index (Phi) is 3.47. The van der Waals surface area contributed by atoms with Crippen LogP contribution in [0.5, 0.6) is 0 Å². The third-order valence-electron chi connectivity index (χ3n) is 3.08. The predicted molar refractivity (Wildman–Crippen MR) is 70.4 cm³/mol. The Morgan fingerprint density at radius 1 is 1.47 bits per heavy atom. The van der Waals surface area contributed by atoms with Crippen molar-refractivity contribution in [3.05, 3.63) is 29.3 Å². The molecule has 0 fully saturated rings. The third kappa shape index (κ3) is 2.65. The molecule has 1 N–H and O–H groups in total. The summed E-state index contributed by atoms with van der Waals surface area (Å²) in [6, 6.07) is 8.01. The van der Waals surface area contributed by atoms with Crippen LogP contribution in [0, 0.1) is 0 Å². The Hall–Kier alpha value is -0.970. The maximum absolute atomic E-state index is 10.3. The monoisotopic (exact) mass is 251 g/mol. The number of benzene rings is 1. The van der Waals surface area contributed by atoms with Crippen LogP contribution in [-0.4, -0.2) is 28.9 Å². The first-order valence-electron chi connectivity index (χ1n) is 5.62. The molecule has 0 aliphatic heterocycles. The quantitative estimate of drug-likeness (QED) is 0.908. The second kappa shape index (κ2) is 4.72. The van der Waals surface area contributed by atoms with Crippen molar-refractivity contribution in [1.29, 1.82) is 0 Å². The van der Waals surface area contributed by atoms with E-state index in [1.165, 1.54) is 0 Å². The SMILES string of the molecule is COC(C)C(C)(O)Cc1nc2ccccc2s1. The van der Waals surface area contributed by atoms with Crippen molar-refractivity contribution in [2.75, 3.05) is 7.11 Å². The number of aromatic nitrogens is 1. The lowest BCUT2D eigenvalue weighted by Crippen LogP contribution is -2.40. The van der Waals surface area contributed by atoms with Gasteiger partial charge >= 0.3 is 0 Å². The summed E-state index contributed by atoms with van der Waals surface area (Å²) >= 11 is 1.63. The first-order chi connectivity index (χ1) is 8.03. The van der Waals surface area contributed by atoms with Gasteiger partial charge in [0.15, 0.2) is 0 Å². The number of hydrogen-bond donors (Lipinski definition) is 1. The van der Waals surface area contributed by atoms with Crippen molar-refractivity contribution in [3.8, 4) is 0 Å². The molecule has 0 aliphatic carbocycles. The molecule has 0 aliphatic rings. The molecule has 2 rings (SSSR count). The second-order valence-electron chi connectivity index (χ2n) is 4.49. The van der Waals surface area contributed by atoms with E-state index in [0.717, 1.165) is 15.2 Å². The molecule has 0 radical (unpaired) electrons. The van der Waals surface area contributed by atoms with Gasteiger partial charge in [-0.2, -0.15) is 0 Å². The molecule has 3 nitrogen and oxygen atoms in total. The Morgan fingerprint density at radius 3 is 2.82 bits per heavy atom. The largest absolute Gasteiger partial charge is 0.387 e. The molecule has 0 amide bonds. The standard InChI is InChI=1S/C13H17NO2S/c1-9(16-3)13(2,15)8-12-14-10-6-4-5-7-11(10)17-12/h4-7,9,15H,8H2,1-3H3. The highest BCUT2D eigenvalue weighted by atomic mass is 32.1. The summed E-state index contributed by atoms with van der Waals surface area (Å²) in [5.41, 5.74) is 0.108. The molecular formula is C13H17NO2S. The van der Waals surface area contributed by atoms with E-state index in [1.807, 2.05) is 31.2 Å². The Bertz CT molecular complexity index is 474. The number of hydrogen-bond acceptors (Lipinski definition) is 4. The molecule has 1 aromatic carbocycles. The zero-order valence-electron chi connectivity index (χ0n) is 10.3. The Morgan fingerprint density at radius 2 is 2.18 bits per heavy atom. The first kappa shape index (κ1) is 12.5. The van der Waals surface area contributed by atoms with Gasteiger partial charge < -0.3 is 9.84 Å². The van der Waals surface area contributed by atoms with Gasteiger partial charge in [0.1, 0.15) is 0 Å². The van der Waals surface area contributed by atoms with Crippen LogP contribution >= 0.6 is 11.3 Å². The van der Waals surface area contributed by atoms with E-state index in [2.05, 4.69) is 4.98 Å². The minimum Gasteiger partial charge on any atom is -0.387 e. The van der Waals surface area contributed by atoms with Crippen LogP contribution in [0.2, 0.25) is 0 Å². The van der Waals surface area contributed by atoms with Gasteiger partial charge in [-0.1, -0.05) is 12.1 Å². The maximum atomic E-state index is 10.3. The van der Waals surface area contributed by atoms with Gasteiger partial charge in [0.25, 0.3) is 0 Å². The van der Waals surface area contributed by atoms with Gasteiger partial charge in [0.2, 0.25) is 0 Å². The molecule has 1 heterocycles. The van der Waals surface area contributed by atoms with Crippen molar-refractivity contribution >= 4 is 21.6 Å². The van der Waals surface area contributed by atoms with E-state index in [9.17, 15) is 5.11 Å². The van der Waals surface area contributed by atoms with Crippen molar-refractivity contribution in [3.63, 3.8) is 0 Å². The van der Waals surface area contributed by atoms with Crippen LogP contribution in [0.25, 0.3) is 10.2 Å². The van der Waals surface area contributed by atoms with Crippen molar-refractivity contribution in [2.24, 2.45) is 0 Å². The van der Waals surface area contributed by atoms with Crippen LogP contribution in [-0.2, 0) is 11.2 Å². The number of para-hydroxylation sites is 1. The van der Waals surface area contributed by atoms with E-state index < -0.39 is 5.60 Å². The molecule has 0 spiro atoms. The number of ether oxygens (including phenoxy) is 1. The van der Waals surface area contributed by atoms with Crippen molar-refractivity contribution < 1.29 is 9.84 Å². The highest BCUT2D eigenvalue weighted by molar-refractivity contribution is 7.18. The van der Waals surface area contributed by atoms with Crippen molar-refractivity contribution in [2.45, 2.75) is 32.0 Å². The molecule has 2 aromatic rings. The Labute approximate surface area is 105 Å². The lowest BCUT2D eigenvalue weighted by Gasteiger charge is -2.28. The molecule has 2 unspecified atom stereocenters. The third-order valence-corrected chi connectivity index (χ3v) is 4.11. The summed E-state index contributed by atoms with van der Waals surface area (Å²) in [5.74, 6) is 0. The summed E-state index contributed by atoms with van der Waals surface area (Å²) < 4.78 is 6.34. The summed E-state index contributed by atoms with van der Waals surface area (Å²) in [6.45, 7) is 3.65. The van der Waals surface area contributed by atoms with Gasteiger partial charge in [-0.25, -0.2) is 4.98 Å². The molecule has 1 aromatic heterocycles. The molecule has 0 bridgehead atoms. The van der Waals surface area contributed by atoms with Crippen LogP contribution in [0.4, 0.5) is 0 Å². The average molecular weight is 251 g/mol. The fourth-order valence-corrected chi connectivity index (χ4v) is 2.83. The van der Waals surface area contributed by atoms with Gasteiger partial charge in [0, 0.05) is 13.5 Å². The lowest BCUT2D eigenvalue weighted by atomic mass is 9.97. The number of rotatable bonds is 4. The highest BCUT2D eigenvalue weighted by Crippen LogP contribution is 2.26. The van der Waals surface area contributed by atoms with E-state index >= 15 is 0 Å². The van der Waals surface area contributed by atoms with Gasteiger partial charge in [0.05, 0.1) is 26.9 Å². The molecule has 92 valence electrons. The summed E-state index contributed by atoms with van der Waals surface area (Å²) in [4.78, 5) is 4.52. The average Bonchev–Trinajstić information content (AvgIpc) is 2.68. The molecular weight excluding hydrogens is 234 g/mol. The smallest absolute Gasteiger partial charge is 0.0968 e. The van der Waals surface area contributed by atoms with Crippen LogP contribution in [0.15, 0.2) is 24.3 Å². The van der Waals surface area contributed by atoms with E-state index in [0.29, 0.717) is 6.42 Å². The van der Waals surface area contributed by atoms with E-state index in [4.69, 9.17) is 4.74 Å². The number of methoxy groups -OCH3 is 1. The zero-order valence-corrected chi connectivity index (χ0v) is 11.1. The van der Waals surface area contributed by atoms with Crippen LogP contribution in [0.3, 0.4) is 0 Å². The van der Waals surface area contributed by atoms with Crippen LogP contribution in [0.1, 0.15) is 18.9 Å². The maximum Gasteiger partial charge on any atom is 0.0968 e. The van der Waals surface area contributed by atoms with Gasteiger partial charge in [-0.05, 0) is 26.0 Å². The number of fused-ring (bicyclic) bond motifs is 1. The summed E-state index contributed by atoms with van der Waals surface area (Å²) in [6.07, 6.45) is 0.302. The molecule has 0 saturated heterocycles. The van der Waals surface area contributed by atoms with Gasteiger partial charge in [-0.15, -0.1) is 11.3 Å². The van der Waals surface area contributed by atoms with E-state index in [-0.39, 0.29) is 6.10 Å². The van der Waals surface area contributed by atoms with Crippen LogP contribution < -0.4 is 0 Å². The molecule has 2 atom stereocenters. The first-order valence-corrected chi connectivity index (χ1v) is 6.44. The minimum absolute atomic E-state index is 0.213. The van der Waals surface area contributed by atoms with Gasteiger partial charge in [-0.3, -0.25) is 0 Å². The minimum atomic E-state index is -0.886. The number of thiazole rings is 1. The Balaban J connectivity index is 2.23. The molecule has 4 heteroatoms. The summed E-state index contributed by atoms with van der Waals surface area (Å²) in [5, 5.41) is 11.2. The molecule has 17 heavy (non-hydrogen) atoms. The van der Waals surface area contributed by atoms with E-state index in [1.54, 1.807) is 25.4 Å². The fourth-order valence-electron chi connectivity index (χ4n) is 1.70. The highest BCUT2D eigenvalue weighted by Gasteiger charge is 2.30. The molecule has 0 saturated carbocycles.